The molecular formula is C9H20N4O. The second kappa shape index (κ2) is 5.17. The van der Waals surface area contributed by atoms with Gasteiger partial charge in [-0.2, -0.15) is 0 Å². The molecule has 1 heterocycles. The highest BCUT2D eigenvalue weighted by Crippen LogP contribution is 2.07. The van der Waals surface area contributed by atoms with Gasteiger partial charge in [0.1, 0.15) is 5.84 Å². The Hall–Kier alpha value is -0.810. The summed E-state index contributed by atoms with van der Waals surface area (Å²) >= 11 is 0. The van der Waals surface area contributed by atoms with Crippen LogP contribution in [0.15, 0.2) is 5.16 Å². The third-order valence-corrected chi connectivity index (χ3v) is 2.79. The van der Waals surface area contributed by atoms with Gasteiger partial charge in [-0.05, 0) is 14.0 Å². The Balaban J connectivity index is 2.34. The largest absolute Gasteiger partial charge is 0.409 e. The molecule has 0 aromatic heterocycles. The monoisotopic (exact) mass is 200 g/mol. The van der Waals surface area contributed by atoms with Crippen LogP contribution in [0.1, 0.15) is 13.3 Å². The van der Waals surface area contributed by atoms with Crippen LogP contribution >= 0.6 is 0 Å². The van der Waals surface area contributed by atoms with Crippen molar-refractivity contribution in [2.75, 3.05) is 33.2 Å². The van der Waals surface area contributed by atoms with Crippen LogP contribution in [0.4, 0.5) is 0 Å². The van der Waals surface area contributed by atoms with Gasteiger partial charge in [-0.15, -0.1) is 0 Å². The summed E-state index contributed by atoms with van der Waals surface area (Å²) in [5, 5.41) is 11.5. The molecule has 1 aliphatic heterocycles. The van der Waals surface area contributed by atoms with Crippen LogP contribution in [0.3, 0.4) is 0 Å². The Morgan fingerprint density at radius 1 is 1.43 bits per heavy atom. The number of likely N-dealkylation sites (N-methyl/N-ethyl adjacent to an activating group) is 1. The fourth-order valence-corrected chi connectivity index (χ4v) is 1.74. The minimum atomic E-state index is 0.316. The van der Waals surface area contributed by atoms with Crippen LogP contribution in [0.25, 0.3) is 0 Å². The molecule has 5 heteroatoms. The van der Waals surface area contributed by atoms with Crippen LogP contribution < -0.4 is 5.73 Å². The lowest BCUT2D eigenvalue weighted by Crippen LogP contribution is -2.48. The molecule has 0 aromatic rings. The summed E-state index contributed by atoms with van der Waals surface area (Å²) in [6.45, 7) is 6.44. The maximum absolute atomic E-state index is 8.46. The van der Waals surface area contributed by atoms with Crippen molar-refractivity contribution in [3.63, 3.8) is 0 Å². The van der Waals surface area contributed by atoms with Crippen molar-refractivity contribution in [3.05, 3.63) is 0 Å². The second-order valence-corrected chi connectivity index (χ2v) is 3.98. The van der Waals surface area contributed by atoms with Crippen LogP contribution in [0, 0.1) is 0 Å². The lowest BCUT2D eigenvalue weighted by Gasteiger charge is -2.36. The lowest BCUT2D eigenvalue weighted by molar-refractivity contribution is 0.121. The average molecular weight is 200 g/mol. The van der Waals surface area contributed by atoms with E-state index in [-0.39, 0.29) is 0 Å². The average Bonchev–Trinajstić information content (AvgIpc) is 2.18. The van der Waals surface area contributed by atoms with Gasteiger partial charge in [0, 0.05) is 38.6 Å². The molecule has 5 nitrogen and oxygen atoms in total. The number of nitrogens with zero attached hydrogens (tertiary/aromatic N) is 3. The molecule has 0 aliphatic carbocycles. The fraction of sp³-hybridized carbons (Fsp3) is 0.889. The third kappa shape index (κ3) is 3.16. The van der Waals surface area contributed by atoms with E-state index in [0.29, 0.717) is 18.3 Å². The Morgan fingerprint density at radius 2 is 2.00 bits per heavy atom. The summed E-state index contributed by atoms with van der Waals surface area (Å²) < 4.78 is 0. The highest BCUT2D eigenvalue weighted by Gasteiger charge is 2.19. The van der Waals surface area contributed by atoms with E-state index in [9.17, 15) is 0 Å². The molecule has 0 radical (unpaired) electrons. The highest BCUT2D eigenvalue weighted by atomic mass is 16.4. The molecule has 0 bridgehead atoms. The van der Waals surface area contributed by atoms with Gasteiger partial charge in [0.05, 0.1) is 0 Å². The quantitative estimate of drug-likeness (QED) is 0.285. The summed E-state index contributed by atoms with van der Waals surface area (Å²) in [6.07, 6.45) is 0.639. The van der Waals surface area contributed by atoms with Crippen molar-refractivity contribution >= 4 is 5.84 Å². The number of hydrogen-bond donors (Lipinski definition) is 2. The van der Waals surface area contributed by atoms with Crippen molar-refractivity contribution in [3.8, 4) is 0 Å². The van der Waals surface area contributed by atoms with Crippen LogP contribution in [0.2, 0.25) is 0 Å². The molecule has 1 fully saturated rings. The SMILES string of the molecule is CC(CC(N)=NO)N1CCN(C)CC1. The summed E-state index contributed by atoms with van der Waals surface area (Å²) in [7, 11) is 2.13. The molecule has 0 saturated carbocycles. The maximum atomic E-state index is 8.46. The van der Waals surface area contributed by atoms with Gasteiger partial charge in [0.25, 0.3) is 0 Å². The van der Waals surface area contributed by atoms with Crippen LogP contribution in [-0.4, -0.2) is 60.1 Å². The minimum Gasteiger partial charge on any atom is -0.409 e. The zero-order chi connectivity index (χ0) is 10.6. The topological polar surface area (TPSA) is 65.1 Å². The maximum Gasteiger partial charge on any atom is 0.140 e. The molecule has 1 saturated heterocycles. The number of amidine groups is 1. The van der Waals surface area contributed by atoms with Gasteiger partial charge >= 0.3 is 0 Å². The Labute approximate surface area is 85.2 Å². The smallest absolute Gasteiger partial charge is 0.140 e. The second-order valence-electron chi connectivity index (χ2n) is 3.98. The van der Waals surface area contributed by atoms with E-state index in [4.69, 9.17) is 10.9 Å². The van der Waals surface area contributed by atoms with Gasteiger partial charge in [-0.3, -0.25) is 4.90 Å². The Bertz CT molecular complexity index is 199. The molecule has 3 N–H and O–H groups in total. The summed E-state index contributed by atoms with van der Waals surface area (Å²) in [4.78, 5) is 4.69. The minimum absolute atomic E-state index is 0.316. The molecule has 14 heavy (non-hydrogen) atoms. The van der Waals surface area contributed by atoms with E-state index in [1.165, 1.54) is 0 Å². The standard InChI is InChI=1S/C9H20N4O/c1-8(7-9(10)11-14)13-5-3-12(2)4-6-13/h8,14H,3-7H2,1-2H3,(H2,10,11). The van der Waals surface area contributed by atoms with E-state index in [1.807, 2.05) is 0 Å². The van der Waals surface area contributed by atoms with E-state index in [2.05, 4.69) is 28.9 Å². The van der Waals surface area contributed by atoms with E-state index in [1.54, 1.807) is 0 Å². The first kappa shape index (κ1) is 11.3. The number of piperazine rings is 1. The summed E-state index contributed by atoms with van der Waals surface area (Å²) in [6, 6.07) is 0.361. The van der Waals surface area contributed by atoms with Gasteiger partial charge < -0.3 is 15.8 Å². The van der Waals surface area contributed by atoms with Gasteiger partial charge in [0.2, 0.25) is 0 Å². The first-order valence-electron chi connectivity index (χ1n) is 5.02. The molecule has 1 atom stereocenters. The molecular weight excluding hydrogens is 180 g/mol. The molecule has 1 rings (SSSR count). The number of nitrogens with two attached hydrogens (primary N) is 1. The van der Waals surface area contributed by atoms with Crippen molar-refractivity contribution in [1.82, 2.24) is 9.80 Å². The van der Waals surface area contributed by atoms with Crippen molar-refractivity contribution in [2.45, 2.75) is 19.4 Å². The molecule has 1 aliphatic rings. The van der Waals surface area contributed by atoms with Crippen molar-refractivity contribution in [1.29, 1.82) is 0 Å². The molecule has 0 aromatic carbocycles. The highest BCUT2D eigenvalue weighted by molar-refractivity contribution is 5.80. The van der Waals surface area contributed by atoms with Crippen LogP contribution in [0.5, 0.6) is 0 Å². The Morgan fingerprint density at radius 3 is 2.50 bits per heavy atom. The predicted octanol–water partition coefficient (Wildman–Crippen LogP) is -0.241. The lowest BCUT2D eigenvalue weighted by atomic mass is 10.1. The molecule has 1 unspecified atom stereocenters. The number of hydrogen-bond acceptors (Lipinski definition) is 4. The molecule has 0 spiro atoms. The fourth-order valence-electron chi connectivity index (χ4n) is 1.74. The number of oxime groups is 1. The van der Waals surface area contributed by atoms with E-state index < -0.39 is 0 Å². The van der Waals surface area contributed by atoms with Gasteiger partial charge in [-0.25, -0.2) is 0 Å². The first-order valence-corrected chi connectivity index (χ1v) is 5.02. The van der Waals surface area contributed by atoms with Crippen molar-refractivity contribution < 1.29 is 5.21 Å². The zero-order valence-corrected chi connectivity index (χ0v) is 8.98. The normalized spacial score (nSPS) is 23.7. The summed E-state index contributed by atoms with van der Waals surface area (Å²) in [5.74, 6) is 0.316. The summed E-state index contributed by atoms with van der Waals surface area (Å²) in [5.41, 5.74) is 5.47. The molecule has 82 valence electrons. The molecule has 0 amide bonds. The zero-order valence-electron chi connectivity index (χ0n) is 8.98. The first-order chi connectivity index (χ1) is 6.63. The Kier molecular flexibility index (Phi) is 4.16. The van der Waals surface area contributed by atoms with Gasteiger partial charge in [-0.1, -0.05) is 5.16 Å². The number of rotatable bonds is 3. The predicted molar refractivity (Wildman–Crippen MR) is 56.6 cm³/mol. The van der Waals surface area contributed by atoms with Crippen molar-refractivity contribution in [2.24, 2.45) is 10.9 Å². The third-order valence-electron chi connectivity index (χ3n) is 2.79. The van der Waals surface area contributed by atoms with E-state index in [0.717, 1.165) is 26.2 Å². The van der Waals surface area contributed by atoms with Crippen LogP contribution in [-0.2, 0) is 0 Å². The van der Waals surface area contributed by atoms with Gasteiger partial charge in [0.15, 0.2) is 0 Å². The van der Waals surface area contributed by atoms with E-state index >= 15 is 0 Å².